The van der Waals surface area contributed by atoms with Gasteiger partial charge < -0.3 is 23.8 Å². The van der Waals surface area contributed by atoms with Crippen molar-refractivity contribution in [3.05, 3.63) is 59.2 Å². The third kappa shape index (κ3) is 8.73. The highest BCUT2D eigenvalue weighted by Gasteiger charge is 2.32. The van der Waals surface area contributed by atoms with Crippen LogP contribution in [0.2, 0.25) is 0 Å². The largest absolute Gasteiger partial charge is 0.465 e. The minimum absolute atomic E-state index is 0.0617. The Labute approximate surface area is 287 Å². The number of carbonyl (C=O) groups excluding carboxylic acids is 2. The Bertz CT molecular complexity index is 1590. The molecule has 11 heteroatoms. The van der Waals surface area contributed by atoms with E-state index in [0.29, 0.717) is 24.4 Å². The number of ether oxygens (including phenoxy) is 2. The van der Waals surface area contributed by atoms with Gasteiger partial charge in [-0.15, -0.1) is 10.8 Å². The second kappa shape index (κ2) is 15.2. The number of esters is 1. The molecule has 2 aromatic carbocycles. The Morgan fingerprint density at radius 2 is 1.75 bits per heavy atom. The van der Waals surface area contributed by atoms with Crippen LogP contribution in [0.4, 0.5) is 4.79 Å². The van der Waals surface area contributed by atoms with E-state index >= 15 is 0 Å². The lowest BCUT2D eigenvalue weighted by Gasteiger charge is -2.34. The molecular weight excluding hydrogens is 628 g/mol. The molecule has 10 nitrogen and oxygen atoms in total. The third-order valence-corrected chi connectivity index (χ3v) is 11.1. The number of likely N-dealkylation sites (N-methyl/N-ethyl adjacent to an activating group) is 2. The van der Waals surface area contributed by atoms with E-state index in [1.165, 1.54) is 67.0 Å². The van der Waals surface area contributed by atoms with Crippen molar-refractivity contribution in [1.82, 2.24) is 19.1 Å². The smallest absolute Gasteiger partial charge is 0.426 e. The van der Waals surface area contributed by atoms with Crippen molar-refractivity contribution >= 4 is 33.7 Å². The van der Waals surface area contributed by atoms with Crippen molar-refractivity contribution in [3.8, 4) is 11.3 Å². The van der Waals surface area contributed by atoms with Crippen LogP contribution in [-0.4, -0.2) is 93.8 Å². The van der Waals surface area contributed by atoms with Crippen LogP contribution < -0.4 is 4.72 Å². The van der Waals surface area contributed by atoms with Gasteiger partial charge in [0.2, 0.25) is 0 Å². The Kier molecular flexibility index (Phi) is 11.5. The minimum atomic E-state index is -3.29. The molecule has 1 unspecified atom stereocenters. The summed E-state index contributed by atoms with van der Waals surface area (Å²) in [6, 6.07) is 15.1. The first-order chi connectivity index (χ1) is 22.8. The van der Waals surface area contributed by atoms with Crippen molar-refractivity contribution < 1.29 is 28.2 Å². The summed E-state index contributed by atoms with van der Waals surface area (Å²) < 4.78 is 35.7. The first kappa shape index (κ1) is 36.2. The van der Waals surface area contributed by atoms with E-state index in [9.17, 15) is 18.7 Å². The molecule has 1 saturated carbocycles. The van der Waals surface area contributed by atoms with Crippen LogP contribution in [0.15, 0.2) is 42.5 Å². The average Bonchev–Trinajstić information content (AvgIpc) is 3.24. The van der Waals surface area contributed by atoms with Crippen LogP contribution in [-0.2, 0) is 22.4 Å². The fourth-order valence-electron chi connectivity index (χ4n) is 7.30. The van der Waals surface area contributed by atoms with E-state index in [4.69, 9.17) is 9.47 Å². The van der Waals surface area contributed by atoms with Crippen LogP contribution in [0.1, 0.15) is 86.7 Å². The number of hydrogen-bond donors (Lipinski definition) is 3. The fourth-order valence-corrected chi connectivity index (χ4v) is 8.24. The molecule has 0 bridgehead atoms. The van der Waals surface area contributed by atoms with Gasteiger partial charge in [-0.25, -0.2) is 14.3 Å². The van der Waals surface area contributed by atoms with Crippen LogP contribution in [0.25, 0.3) is 22.2 Å². The van der Waals surface area contributed by atoms with E-state index in [1.54, 1.807) is 20.8 Å². The molecule has 2 heterocycles. The highest BCUT2D eigenvalue weighted by molar-refractivity contribution is 8.23. The van der Waals surface area contributed by atoms with Crippen LogP contribution >= 0.6 is 10.8 Å². The van der Waals surface area contributed by atoms with E-state index < -0.39 is 22.5 Å². The van der Waals surface area contributed by atoms with Gasteiger partial charge >= 0.3 is 12.1 Å². The Hall–Kier alpha value is -3.09. The van der Waals surface area contributed by atoms with Gasteiger partial charge in [-0.3, -0.25) is 9.11 Å². The maximum absolute atomic E-state index is 12.7. The molecule has 0 spiro atoms. The highest BCUT2D eigenvalue weighted by Crippen LogP contribution is 2.46. The molecule has 1 amide bonds. The minimum Gasteiger partial charge on any atom is -0.465 e. The number of nitrogens with zero attached hydrogens (tertiary/aromatic N) is 3. The molecule has 48 heavy (non-hydrogen) atoms. The lowest BCUT2D eigenvalue weighted by molar-refractivity contribution is 0.0562. The molecule has 3 N–H and O–H groups in total. The molecule has 5 rings (SSSR count). The summed E-state index contributed by atoms with van der Waals surface area (Å²) in [6.45, 7) is 8.27. The van der Waals surface area contributed by atoms with Gasteiger partial charge in [-0.2, -0.15) is 0 Å². The van der Waals surface area contributed by atoms with E-state index in [-0.39, 0.29) is 17.8 Å². The number of methoxy groups -OCH3 is 1. The number of rotatable bonds is 11. The number of hydrogen-bond acceptors (Lipinski definition) is 8. The zero-order chi connectivity index (χ0) is 34.6. The van der Waals surface area contributed by atoms with Crippen molar-refractivity contribution in [2.24, 2.45) is 0 Å². The lowest BCUT2D eigenvalue weighted by Crippen LogP contribution is -2.41. The van der Waals surface area contributed by atoms with Gasteiger partial charge in [-0.05, 0) is 96.3 Å². The van der Waals surface area contributed by atoms with Crippen molar-refractivity contribution in [2.75, 3.05) is 46.6 Å². The van der Waals surface area contributed by atoms with Crippen molar-refractivity contribution in [2.45, 2.75) is 89.8 Å². The molecule has 1 aliphatic carbocycles. The van der Waals surface area contributed by atoms with Gasteiger partial charge in [0.15, 0.2) is 0 Å². The van der Waals surface area contributed by atoms with Gasteiger partial charge in [0.1, 0.15) is 5.60 Å². The zero-order valence-corrected chi connectivity index (χ0v) is 30.3. The first-order valence-corrected chi connectivity index (χ1v) is 19.0. The second-order valence-electron chi connectivity index (χ2n) is 14.6. The Balaban J connectivity index is 1.33. The SMILES string of the molecule is COC(=O)c1ccc2c(C3CCCCC3)c3n(c2c1)CC(N(C)CCN(C)CCCS(O)(O)NC(=O)OC(C)(C)C)Cc1ccccc1-3. The predicted octanol–water partition coefficient (Wildman–Crippen LogP) is 7.51. The highest BCUT2D eigenvalue weighted by atomic mass is 32.3. The average molecular weight is 683 g/mol. The molecule has 264 valence electrons. The molecule has 3 aromatic rings. The number of benzene rings is 2. The quantitative estimate of drug-likeness (QED) is 0.178. The second-order valence-corrected chi connectivity index (χ2v) is 16.5. The van der Waals surface area contributed by atoms with Gasteiger partial charge in [0.25, 0.3) is 0 Å². The van der Waals surface area contributed by atoms with Gasteiger partial charge in [-0.1, -0.05) is 49.6 Å². The molecule has 0 radical (unpaired) electrons. The summed E-state index contributed by atoms with van der Waals surface area (Å²) >= 11 is 0. The maximum Gasteiger partial charge on any atom is 0.426 e. The summed E-state index contributed by atoms with van der Waals surface area (Å²) in [7, 11) is 2.36. The topological polar surface area (TPSA) is 117 Å². The molecule has 1 fully saturated rings. The normalized spacial score (nSPS) is 17.6. The van der Waals surface area contributed by atoms with Crippen LogP contribution in [0, 0.1) is 0 Å². The summed E-state index contributed by atoms with van der Waals surface area (Å²) in [5.41, 5.74) is 6.33. The monoisotopic (exact) mass is 682 g/mol. The lowest BCUT2D eigenvalue weighted by atomic mass is 9.81. The number of aromatic nitrogens is 1. The van der Waals surface area contributed by atoms with Crippen LogP contribution in [0.3, 0.4) is 0 Å². The first-order valence-electron chi connectivity index (χ1n) is 17.2. The van der Waals surface area contributed by atoms with E-state index in [1.807, 2.05) is 19.2 Å². The van der Waals surface area contributed by atoms with Crippen molar-refractivity contribution in [1.29, 1.82) is 0 Å². The fraction of sp³-hybridized carbons (Fsp3) is 0.568. The maximum atomic E-state index is 12.7. The number of carbonyl (C=O) groups is 2. The number of fused-ring (bicyclic) bond motifs is 5. The van der Waals surface area contributed by atoms with Gasteiger partial charge in [0, 0.05) is 42.1 Å². The third-order valence-electron chi connectivity index (χ3n) is 9.73. The molecule has 1 aromatic heterocycles. The summed E-state index contributed by atoms with van der Waals surface area (Å²) in [4.78, 5) is 29.3. The molecule has 0 saturated heterocycles. The Morgan fingerprint density at radius 3 is 2.46 bits per heavy atom. The molecule has 1 aliphatic heterocycles. The zero-order valence-electron chi connectivity index (χ0n) is 29.5. The molecule has 2 aliphatic rings. The standard InChI is InChI=1S/C37H54N4O6S/c1-37(2,3)47-36(43)38-48(44,45)22-12-19-39(4)20-21-40(5)29-23-27-15-10-11-16-30(27)34-33(26-13-8-7-9-14-26)31-18-17-28(35(42)46-6)24-32(31)41(34)25-29/h10-11,15-18,24,26,29,44-45H,7-9,12-14,19-23,25H2,1-6H3,(H,38,43). The molecule has 1 atom stereocenters. The van der Waals surface area contributed by atoms with E-state index in [2.05, 4.69) is 56.5 Å². The summed E-state index contributed by atoms with van der Waals surface area (Å²) in [6.07, 6.45) is 6.77. The summed E-state index contributed by atoms with van der Waals surface area (Å²) in [5.74, 6) is 0.237. The van der Waals surface area contributed by atoms with Gasteiger partial charge in [0.05, 0.1) is 24.1 Å². The number of amides is 1. The van der Waals surface area contributed by atoms with Crippen LogP contribution in [0.5, 0.6) is 0 Å². The van der Waals surface area contributed by atoms with Crippen molar-refractivity contribution in [3.63, 3.8) is 0 Å². The molecular formula is C37H54N4O6S. The van der Waals surface area contributed by atoms with E-state index in [0.717, 1.165) is 31.6 Å². The number of nitrogens with one attached hydrogen (secondary N) is 1. The Morgan fingerprint density at radius 1 is 1.02 bits per heavy atom. The predicted molar refractivity (Wildman–Crippen MR) is 194 cm³/mol. The summed E-state index contributed by atoms with van der Waals surface area (Å²) in [5, 5.41) is 1.24.